The molecular formula is C6H10BBrN2. The van der Waals surface area contributed by atoms with Crippen LogP contribution in [-0.4, -0.2) is 17.4 Å². The van der Waals surface area contributed by atoms with Crippen LogP contribution < -0.4 is 5.59 Å². The fourth-order valence-corrected chi connectivity index (χ4v) is 1.39. The van der Waals surface area contributed by atoms with Gasteiger partial charge in [0.05, 0.1) is 0 Å². The summed E-state index contributed by atoms with van der Waals surface area (Å²) >= 11 is 3.38. The van der Waals surface area contributed by atoms with E-state index in [-0.39, 0.29) is 0 Å². The van der Waals surface area contributed by atoms with Crippen LogP contribution in [0.3, 0.4) is 0 Å². The summed E-state index contributed by atoms with van der Waals surface area (Å²) in [6.45, 7) is 2.11. The van der Waals surface area contributed by atoms with Crippen molar-refractivity contribution in [1.29, 1.82) is 0 Å². The number of aromatic nitrogens is 2. The Bertz CT molecular complexity index is 244. The minimum atomic E-state index is 0.965. The highest BCUT2D eigenvalue weighted by molar-refractivity contribution is 9.10. The summed E-state index contributed by atoms with van der Waals surface area (Å²) in [4.78, 5) is 4.31. The molecule has 0 saturated heterocycles. The van der Waals surface area contributed by atoms with Crippen LogP contribution in [0, 0.1) is 0 Å². The van der Waals surface area contributed by atoms with E-state index in [1.54, 1.807) is 0 Å². The zero-order valence-electron chi connectivity index (χ0n) is 6.48. The zero-order chi connectivity index (χ0) is 7.72. The predicted molar refractivity (Wildman–Crippen MR) is 48.5 cm³/mol. The summed E-state index contributed by atoms with van der Waals surface area (Å²) in [5.41, 5.74) is 1.19. The average Bonchev–Trinajstić information content (AvgIpc) is 2.17. The Morgan fingerprint density at radius 1 is 1.70 bits per heavy atom. The molecule has 0 fully saturated rings. The van der Waals surface area contributed by atoms with Gasteiger partial charge in [-0.1, -0.05) is 6.92 Å². The second kappa shape index (κ2) is 2.78. The minimum Gasteiger partial charge on any atom is -0.343 e. The summed E-state index contributed by atoms with van der Waals surface area (Å²) in [6.07, 6.45) is 0.989. The van der Waals surface area contributed by atoms with E-state index in [2.05, 4.69) is 40.3 Å². The Labute approximate surface area is 70.2 Å². The van der Waals surface area contributed by atoms with Crippen molar-refractivity contribution in [2.45, 2.75) is 13.3 Å². The molecule has 1 aromatic rings. The van der Waals surface area contributed by atoms with Crippen LogP contribution in [0.15, 0.2) is 4.60 Å². The molecular weight excluding hydrogens is 191 g/mol. The lowest BCUT2D eigenvalue weighted by Gasteiger charge is -1.97. The lowest BCUT2D eigenvalue weighted by atomic mass is 10.1. The molecule has 1 rings (SSSR count). The van der Waals surface area contributed by atoms with E-state index in [4.69, 9.17) is 0 Å². The minimum absolute atomic E-state index is 0.965. The molecule has 1 aromatic heterocycles. The number of hydrogen-bond acceptors (Lipinski definition) is 1. The van der Waals surface area contributed by atoms with Crippen molar-refractivity contribution in [2.75, 3.05) is 0 Å². The maximum Gasteiger partial charge on any atom is 0.164 e. The molecule has 54 valence electrons. The van der Waals surface area contributed by atoms with Crippen molar-refractivity contribution < 1.29 is 0 Å². The maximum atomic E-state index is 4.31. The number of aryl methyl sites for hydroxylation is 1. The first-order valence-corrected chi connectivity index (χ1v) is 4.13. The highest BCUT2D eigenvalue weighted by atomic mass is 79.9. The summed E-state index contributed by atoms with van der Waals surface area (Å²) < 4.78 is 3.07. The zero-order valence-corrected chi connectivity index (χ0v) is 8.07. The number of halogens is 1. The summed E-state index contributed by atoms with van der Waals surface area (Å²) in [6, 6.07) is 0. The number of hydrogen-bond donors (Lipinski definition) is 0. The third-order valence-electron chi connectivity index (χ3n) is 1.73. The van der Waals surface area contributed by atoms with E-state index in [9.17, 15) is 0 Å². The third kappa shape index (κ3) is 1.12. The van der Waals surface area contributed by atoms with Crippen LogP contribution in [-0.2, 0) is 13.5 Å². The molecule has 0 bridgehead atoms. The van der Waals surface area contributed by atoms with E-state index < -0.39 is 0 Å². The van der Waals surface area contributed by atoms with Gasteiger partial charge in [-0.2, -0.15) is 0 Å². The maximum absolute atomic E-state index is 4.31. The van der Waals surface area contributed by atoms with Crippen LogP contribution >= 0.6 is 15.9 Å². The molecule has 0 unspecified atom stereocenters. The largest absolute Gasteiger partial charge is 0.343 e. The van der Waals surface area contributed by atoms with Crippen molar-refractivity contribution in [3.05, 3.63) is 10.4 Å². The van der Waals surface area contributed by atoms with Crippen LogP contribution in [0.4, 0.5) is 0 Å². The number of imidazole rings is 1. The van der Waals surface area contributed by atoms with Crippen molar-refractivity contribution in [1.82, 2.24) is 9.55 Å². The Kier molecular flexibility index (Phi) is 2.19. The quantitative estimate of drug-likeness (QED) is 0.584. The van der Waals surface area contributed by atoms with Crippen LogP contribution in [0.1, 0.15) is 12.7 Å². The number of rotatable bonds is 1. The lowest BCUT2D eigenvalue weighted by molar-refractivity contribution is 0.823. The summed E-state index contributed by atoms with van der Waals surface area (Å²) in [7, 11) is 4.09. The second-order valence-corrected chi connectivity index (χ2v) is 3.07. The lowest BCUT2D eigenvalue weighted by Crippen LogP contribution is -2.15. The first kappa shape index (κ1) is 7.86. The third-order valence-corrected chi connectivity index (χ3v) is 2.48. The van der Waals surface area contributed by atoms with Gasteiger partial charge in [0.2, 0.25) is 0 Å². The Morgan fingerprint density at radius 3 is 2.50 bits per heavy atom. The fourth-order valence-electron chi connectivity index (χ4n) is 0.917. The van der Waals surface area contributed by atoms with Gasteiger partial charge in [-0.05, 0) is 15.9 Å². The van der Waals surface area contributed by atoms with Gasteiger partial charge in [0.15, 0.2) is 7.85 Å². The highest BCUT2D eigenvalue weighted by Gasteiger charge is 2.04. The summed E-state index contributed by atoms with van der Waals surface area (Å²) in [5.74, 6) is 1.13. The topological polar surface area (TPSA) is 17.8 Å². The molecule has 4 heteroatoms. The van der Waals surface area contributed by atoms with Gasteiger partial charge >= 0.3 is 0 Å². The van der Waals surface area contributed by atoms with E-state index in [1.165, 1.54) is 5.59 Å². The molecule has 0 aromatic carbocycles. The average molecular weight is 201 g/mol. The Hall–Kier alpha value is -0.245. The Balaban J connectivity index is 3.17. The van der Waals surface area contributed by atoms with Crippen molar-refractivity contribution >= 4 is 29.4 Å². The monoisotopic (exact) mass is 200 g/mol. The molecule has 0 aliphatic rings. The van der Waals surface area contributed by atoms with Crippen LogP contribution in [0.25, 0.3) is 0 Å². The van der Waals surface area contributed by atoms with Crippen molar-refractivity contribution in [3.63, 3.8) is 0 Å². The molecule has 0 radical (unpaired) electrons. The van der Waals surface area contributed by atoms with Crippen molar-refractivity contribution in [2.24, 2.45) is 7.05 Å². The smallest absolute Gasteiger partial charge is 0.164 e. The van der Waals surface area contributed by atoms with Crippen molar-refractivity contribution in [3.8, 4) is 0 Å². The van der Waals surface area contributed by atoms with Gasteiger partial charge in [-0.3, -0.25) is 0 Å². The fraction of sp³-hybridized carbons (Fsp3) is 0.500. The molecule has 0 atom stereocenters. The number of nitrogens with zero attached hydrogens (tertiary/aromatic N) is 2. The molecule has 0 amide bonds. The molecule has 2 nitrogen and oxygen atoms in total. The van der Waals surface area contributed by atoms with E-state index in [0.717, 1.165) is 16.8 Å². The van der Waals surface area contributed by atoms with Gasteiger partial charge in [-0.25, -0.2) is 4.98 Å². The molecule has 0 aliphatic carbocycles. The van der Waals surface area contributed by atoms with E-state index in [1.807, 2.05) is 7.05 Å². The van der Waals surface area contributed by atoms with Gasteiger partial charge < -0.3 is 4.57 Å². The van der Waals surface area contributed by atoms with Gasteiger partial charge in [0.1, 0.15) is 10.4 Å². The highest BCUT2D eigenvalue weighted by Crippen LogP contribution is 2.04. The second-order valence-electron chi connectivity index (χ2n) is 2.32. The van der Waals surface area contributed by atoms with Gasteiger partial charge in [0.25, 0.3) is 0 Å². The molecule has 0 spiro atoms. The standard InChI is InChI=1S/C6H10BBrN2/c1-3-4-9-6(8)5(7)10(4)2/h3,7H2,1-2H3. The first-order chi connectivity index (χ1) is 4.66. The predicted octanol–water partition coefficient (Wildman–Crippen LogP) is 0.00340. The molecule has 0 N–H and O–H groups in total. The van der Waals surface area contributed by atoms with Gasteiger partial charge in [0, 0.05) is 19.1 Å². The van der Waals surface area contributed by atoms with Crippen LogP contribution in [0.5, 0.6) is 0 Å². The summed E-state index contributed by atoms with van der Waals surface area (Å²) in [5, 5.41) is 0. The molecule has 10 heavy (non-hydrogen) atoms. The van der Waals surface area contributed by atoms with Gasteiger partial charge in [-0.15, -0.1) is 0 Å². The van der Waals surface area contributed by atoms with E-state index >= 15 is 0 Å². The first-order valence-electron chi connectivity index (χ1n) is 3.34. The Morgan fingerprint density at radius 2 is 2.30 bits per heavy atom. The normalized spacial score (nSPS) is 10.3. The molecule has 1 heterocycles. The van der Waals surface area contributed by atoms with E-state index in [0.29, 0.717) is 0 Å². The SMILES string of the molecule is Bc1c(Br)nc(CC)n1C. The molecule has 0 saturated carbocycles. The molecule has 0 aliphatic heterocycles. The van der Waals surface area contributed by atoms with Crippen LogP contribution in [0.2, 0.25) is 0 Å².